The minimum absolute atomic E-state index is 0.0501. The van der Waals surface area contributed by atoms with Gasteiger partial charge in [0.05, 0.1) is 18.3 Å². The number of carbonyl (C=O) groups excluding carboxylic acids is 1. The van der Waals surface area contributed by atoms with Crippen molar-refractivity contribution in [2.24, 2.45) is 0 Å². The molecule has 2 heterocycles. The second-order valence-electron chi connectivity index (χ2n) is 6.07. The van der Waals surface area contributed by atoms with Crippen LogP contribution < -0.4 is 10.6 Å². The van der Waals surface area contributed by atoms with Crippen molar-refractivity contribution in [3.8, 4) is 6.07 Å². The molecular weight excluding hydrogens is 320 g/mol. The predicted molar refractivity (Wildman–Crippen MR) is 93.4 cm³/mol. The minimum Gasteiger partial charge on any atom is -0.383 e. The van der Waals surface area contributed by atoms with Crippen LogP contribution in [0.3, 0.4) is 0 Å². The molecule has 0 bridgehead atoms. The Morgan fingerprint density at radius 1 is 1.48 bits per heavy atom. The van der Waals surface area contributed by atoms with Gasteiger partial charge in [0.1, 0.15) is 11.6 Å². The average molecular weight is 344 g/mol. The summed E-state index contributed by atoms with van der Waals surface area (Å²) in [4.78, 5) is 16.1. The van der Waals surface area contributed by atoms with E-state index in [0.717, 1.165) is 11.4 Å². The van der Waals surface area contributed by atoms with E-state index >= 15 is 0 Å². The molecule has 0 aromatic carbocycles. The number of urea groups is 1. The van der Waals surface area contributed by atoms with Crippen LogP contribution in [-0.4, -0.2) is 46.9 Å². The quantitative estimate of drug-likeness (QED) is 0.741. The highest BCUT2D eigenvalue weighted by atomic mass is 16.5. The summed E-state index contributed by atoms with van der Waals surface area (Å²) >= 11 is 0. The Hall–Kier alpha value is -2.66. The van der Waals surface area contributed by atoms with E-state index in [9.17, 15) is 10.1 Å². The van der Waals surface area contributed by atoms with Crippen molar-refractivity contribution < 1.29 is 9.53 Å². The molecule has 2 N–H and O–H groups in total. The molecule has 2 aromatic rings. The summed E-state index contributed by atoms with van der Waals surface area (Å²) in [6.07, 6.45) is 1.28. The zero-order chi connectivity index (χ0) is 18.4. The first-order valence-electron chi connectivity index (χ1n) is 8.25. The van der Waals surface area contributed by atoms with Crippen LogP contribution in [0.2, 0.25) is 0 Å². The lowest BCUT2D eigenvalue weighted by molar-refractivity contribution is 0.171. The second-order valence-corrected chi connectivity index (χ2v) is 6.07. The highest BCUT2D eigenvalue weighted by Crippen LogP contribution is 2.16. The van der Waals surface area contributed by atoms with E-state index in [1.165, 1.54) is 0 Å². The SMILES string of the molecule is COCC(C)NC(=O)NCCCc1nn2c(C)cc(C)nc2c1C#N. The number of methoxy groups -OCH3 is 1. The van der Waals surface area contributed by atoms with E-state index in [1.54, 1.807) is 11.6 Å². The number of aryl methyl sites for hydroxylation is 3. The summed E-state index contributed by atoms with van der Waals surface area (Å²) in [7, 11) is 1.59. The Kier molecular flexibility index (Phi) is 6.31. The molecule has 134 valence electrons. The summed E-state index contributed by atoms with van der Waals surface area (Å²) in [5.41, 5.74) is 3.60. The maximum absolute atomic E-state index is 11.7. The Balaban J connectivity index is 1.94. The van der Waals surface area contributed by atoms with Gasteiger partial charge in [-0.3, -0.25) is 0 Å². The van der Waals surface area contributed by atoms with Crippen LogP contribution >= 0.6 is 0 Å². The molecule has 8 heteroatoms. The lowest BCUT2D eigenvalue weighted by Gasteiger charge is -2.13. The molecule has 0 aliphatic carbocycles. The number of rotatable bonds is 7. The topological polar surface area (TPSA) is 104 Å². The smallest absolute Gasteiger partial charge is 0.315 e. The van der Waals surface area contributed by atoms with Crippen molar-refractivity contribution in [3.05, 3.63) is 28.7 Å². The van der Waals surface area contributed by atoms with Crippen LogP contribution in [0, 0.1) is 25.2 Å². The number of nitriles is 1. The maximum Gasteiger partial charge on any atom is 0.315 e. The number of ether oxygens (including phenoxy) is 1. The Morgan fingerprint density at radius 3 is 2.92 bits per heavy atom. The average Bonchev–Trinajstić information content (AvgIpc) is 2.89. The highest BCUT2D eigenvalue weighted by molar-refractivity contribution is 5.74. The first-order chi connectivity index (χ1) is 12.0. The molecule has 0 aliphatic heterocycles. The van der Waals surface area contributed by atoms with Gasteiger partial charge in [-0.05, 0) is 39.7 Å². The van der Waals surface area contributed by atoms with Crippen molar-refractivity contribution in [3.63, 3.8) is 0 Å². The van der Waals surface area contributed by atoms with Crippen molar-refractivity contribution in [1.82, 2.24) is 25.2 Å². The summed E-state index contributed by atoms with van der Waals surface area (Å²) in [6, 6.07) is 3.85. The summed E-state index contributed by atoms with van der Waals surface area (Å²) < 4.78 is 6.67. The van der Waals surface area contributed by atoms with Gasteiger partial charge in [0, 0.05) is 25.0 Å². The van der Waals surface area contributed by atoms with Gasteiger partial charge in [-0.1, -0.05) is 0 Å². The lowest BCUT2D eigenvalue weighted by atomic mass is 10.1. The first-order valence-corrected chi connectivity index (χ1v) is 8.25. The molecule has 1 atom stereocenters. The normalized spacial score (nSPS) is 12.0. The predicted octanol–water partition coefficient (Wildman–Crippen LogP) is 1.48. The number of amides is 2. The molecule has 2 aromatic heterocycles. The zero-order valence-electron chi connectivity index (χ0n) is 15.1. The maximum atomic E-state index is 11.7. The minimum atomic E-state index is -0.229. The fourth-order valence-electron chi connectivity index (χ4n) is 2.68. The van der Waals surface area contributed by atoms with Crippen molar-refractivity contribution in [2.75, 3.05) is 20.3 Å². The first kappa shape index (κ1) is 18.7. The summed E-state index contributed by atoms with van der Waals surface area (Å²) in [5.74, 6) is 0. The lowest BCUT2D eigenvalue weighted by Crippen LogP contribution is -2.42. The monoisotopic (exact) mass is 344 g/mol. The number of carbonyl (C=O) groups is 1. The van der Waals surface area contributed by atoms with Gasteiger partial charge in [-0.15, -0.1) is 0 Å². The van der Waals surface area contributed by atoms with Gasteiger partial charge in [0.15, 0.2) is 5.65 Å². The standard InChI is InChI=1S/C17H24N6O2/c1-11-8-13(3)23-16(20-11)14(9-18)15(22-23)6-5-7-19-17(24)21-12(2)10-25-4/h8,12H,5-7,10H2,1-4H3,(H2,19,21,24). The van der Waals surface area contributed by atoms with Gasteiger partial charge in [0.25, 0.3) is 0 Å². The fraction of sp³-hybridized carbons (Fsp3) is 0.529. The van der Waals surface area contributed by atoms with E-state index in [2.05, 4.69) is 26.8 Å². The number of hydrogen-bond donors (Lipinski definition) is 2. The van der Waals surface area contributed by atoms with Gasteiger partial charge in [-0.2, -0.15) is 10.4 Å². The Labute approximate surface area is 147 Å². The molecule has 0 saturated heterocycles. The number of aromatic nitrogens is 3. The van der Waals surface area contributed by atoms with Crippen LogP contribution in [0.25, 0.3) is 5.65 Å². The molecule has 1 unspecified atom stereocenters. The highest BCUT2D eigenvalue weighted by Gasteiger charge is 2.15. The Bertz CT molecular complexity index is 793. The van der Waals surface area contributed by atoms with Crippen molar-refractivity contribution in [2.45, 2.75) is 39.7 Å². The number of fused-ring (bicyclic) bond motifs is 1. The fourth-order valence-corrected chi connectivity index (χ4v) is 2.68. The molecule has 2 rings (SSSR count). The molecular formula is C17H24N6O2. The molecule has 0 spiro atoms. The van der Waals surface area contributed by atoms with E-state index in [-0.39, 0.29) is 12.1 Å². The molecule has 8 nitrogen and oxygen atoms in total. The summed E-state index contributed by atoms with van der Waals surface area (Å²) in [6.45, 7) is 6.67. The van der Waals surface area contributed by atoms with Crippen LogP contribution in [-0.2, 0) is 11.2 Å². The van der Waals surface area contributed by atoms with Crippen LogP contribution in [0.5, 0.6) is 0 Å². The van der Waals surface area contributed by atoms with E-state index < -0.39 is 0 Å². The van der Waals surface area contributed by atoms with Gasteiger partial charge >= 0.3 is 6.03 Å². The number of hydrogen-bond acceptors (Lipinski definition) is 5. The third kappa shape index (κ3) is 4.67. The van der Waals surface area contributed by atoms with E-state index in [0.29, 0.717) is 42.9 Å². The Morgan fingerprint density at radius 2 is 2.24 bits per heavy atom. The number of nitrogens with zero attached hydrogens (tertiary/aromatic N) is 4. The van der Waals surface area contributed by atoms with Crippen LogP contribution in [0.4, 0.5) is 4.79 Å². The van der Waals surface area contributed by atoms with Gasteiger partial charge < -0.3 is 15.4 Å². The molecule has 0 fully saturated rings. The molecule has 0 radical (unpaired) electrons. The van der Waals surface area contributed by atoms with Gasteiger partial charge in [0.2, 0.25) is 0 Å². The van der Waals surface area contributed by atoms with Gasteiger partial charge in [-0.25, -0.2) is 14.3 Å². The van der Waals surface area contributed by atoms with Crippen LogP contribution in [0.1, 0.15) is 36.0 Å². The van der Waals surface area contributed by atoms with Crippen LogP contribution in [0.15, 0.2) is 6.07 Å². The third-order valence-corrected chi connectivity index (χ3v) is 3.75. The largest absolute Gasteiger partial charge is 0.383 e. The molecule has 0 aliphatic rings. The van der Waals surface area contributed by atoms with Crippen molar-refractivity contribution in [1.29, 1.82) is 5.26 Å². The summed E-state index contributed by atoms with van der Waals surface area (Å²) in [5, 5.41) is 19.5. The number of nitrogens with one attached hydrogen (secondary N) is 2. The molecule has 2 amide bonds. The molecule has 0 saturated carbocycles. The van der Waals surface area contributed by atoms with E-state index in [1.807, 2.05) is 26.8 Å². The third-order valence-electron chi connectivity index (χ3n) is 3.75. The molecule has 25 heavy (non-hydrogen) atoms. The van der Waals surface area contributed by atoms with E-state index in [4.69, 9.17) is 4.74 Å². The zero-order valence-corrected chi connectivity index (χ0v) is 15.1. The van der Waals surface area contributed by atoms with Crippen molar-refractivity contribution >= 4 is 11.7 Å². The second kappa shape index (κ2) is 8.44.